The van der Waals surface area contributed by atoms with E-state index in [4.69, 9.17) is 0 Å². The Morgan fingerprint density at radius 1 is 0.433 bits per heavy atom. The molecule has 0 N–H and O–H groups in total. The van der Waals surface area contributed by atoms with Gasteiger partial charge in [-0.15, -0.1) is 0 Å². The van der Waals surface area contributed by atoms with Gasteiger partial charge in [-0.3, -0.25) is 0 Å². The summed E-state index contributed by atoms with van der Waals surface area (Å²) in [6.45, 7) is 9.46. The van der Waals surface area contributed by atoms with E-state index in [0.29, 0.717) is 0 Å². The molecule has 0 amide bonds. The van der Waals surface area contributed by atoms with Crippen LogP contribution in [0.2, 0.25) is 0 Å². The molecule has 166 valence electrons. The van der Waals surface area contributed by atoms with Crippen molar-refractivity contribution in [1.29, 1.82) is 0 Å². The minimum atomic E-state index is 0.212. The Hall–Kier alpha value is -1.56. The van der Waals surface area contributed by atoms with Crippen LogP contribution in [0.4, 0.5) is 0 Å². The molecule has 0 heteroatoms. The monoisotopic (exact) mass is 406 g/mol. The van der Waals surface area contributed by atoms with Crippen LogP contribution in [-0.4, -0.2) is 0 Å². The maximum Gasteiger partial charge on any atom is 0.00497 e. The number of hydrogen-bond donors (Lipinski definition) is 0. The van der Waals surface area contributed by atoms with Gasteiger partial charge >= 0.3 is 0 Å². The van der Waals surface area contributed by atoms with E-state index >= 15 is 0 Å². The number of hydrogen-bond acceptors (Lipinski definition) is 0. The molecule has 0 aliphatic heterocycles. The van der Waals surface area contributed by atoms with E-state index in [2.05, 4.69) is 88.4 Å². The Bertz CT molecular complexity index is 612. The van der Waals surface area contributed by atoms with Crippen molar-refractivity contribution >= 4 is 0 Å². The lowest BCUT2D eigenvalue weighted by Crippen LogP contribution is -2.49. The summed E-state index contributed by atoms with van der Waals surface area (Å²) in [6, 6.07) is 23.2. The molecule has 2 aromatic carbocycles. The lowest BCUT2D eigenvalue weighted by molar-refractivity contribution is 0.142. The molecular weight excluding hydrogens is 360 g/mol. The van der Waals surface area contributed by atoms with Gasteiger partial charge in [0.1, 0.15) is 0 Å². The van der Waals surface area contributed by atoms with Crippen LogP contribution in [0.15, 0.2) is 60.7 Å². The summed E-state index contributed by atoms with van der Waals surface area (Å²) in [5, 5.41) is 0. The van der Waals surface area contributed by atoms with E-state index in [1.165, 1.54) is 77.0 Å². The van der Waals surface area contributed by atoms with E-state index < -0.39 is 0 Å². The second-order valence-corrected chi connectivity index (χ2v) is 9.31. The lowest BCUT2D eigenvalue weighted by atomic mass is 9.50. The zero-order valence-electron chi connectivity index (χ0n) is 20.3. The molecule has 2 aromatic rings. The van der Waals surface area contributed by atoms with Gasteiger partial charge in [0.25, 0.3) is 0 Å². The van der Waals surface area contributed by atoms with Crippen LogP contribution in [0.3, 0.4) is 0 Å². The molecule has 0 aromatic heterocycles. The largest absolute Gasteiger partial charge is 0.0654 e. The molecular formula is C30H46. The van der Waals surface area contributed by atoms with Crippen LogP contribution in [-0.2, 0) is 10.8 Å². The summed E-state index contributed by atoms with van der Waals surface area (Å²) >= 11 is 0. The SMILES string of the molecule is CCCCCC(CCC)(c1ccccc1)C(CCC)(CCCCC)c1ccccc1. The molecule has 0 bridgehead atoms. The van der Waals surface area contributed by atoms with Crippen LogP contribution >= 0.6 is 0 Å². The van der Waals surface area contributed by atoms with E-state index in [1.54, 1.807) is 11.1 Å². The maximum atomic E-state index is 2.44. The second-order valence-electron chi connectivity index (χ2n) is 9.31. The Kier molecular flexibility index (Phi) is 10.7. The van der Waals surface area contributed by atoms with Gasteiger partial charge in [-0.25, -0.2) is 0 Å². The van der Waals surface area contributed by atoms with Gasteiger partial charge < -0.3 is 0 Å². The summed E-state index contributed by atoms with van der Waals surface area (Å²) in [7, 11) is 0. The van der Waals surface area contributed by atoms with Gasteiger partial charge in [0, 0.05) is 10.8 Å². The van der Waals surface area contributed by atoms with Crippen molar-refractivity contribution in [3.05, 3.63) is 71.8 Å². The lowest BCUT2D eigenvalue weighted by Gasteiger charge is -2.53. The summed E-state index contributed by atoms with van der Waals surface area (Å²) in [4.78, 5) is 0. The van der Waals surface area contributed by atoms with Gasteiger partial charge in [-0.1, -0.05) is 140 Å². The van der Waals surface area contributed by atoms with Crippen molar-refractivity contribution in [1.82, 2.24) is 0 Å². The molecule has 30 heavy (non-hydrogen) atoms. The van der Waals surface area contributed by atoms with Gasteiger partial charge in [-0.05, 0) is 36.8 Å². The third-order valence-electron chi connectivity index (χ3n) is 7.34. The Labute approximate surface area is 187 Å². The molecule has 0 aliphatic carbocycles. The van der Waals surface area contributed by atoms with Crippen molar-refractivity contribution in [3.63, 3.8) is 0 Å². The smallest absolute Gasteiger partial charge is 0.00497 e. The maximum absolute atomic E-state index is 2.44. The third kappa shape index (κ3) is 5.57. The number of rotatable bonds is 15. The minimum Gasteiger partial charge on any atom is -0.0654 e. The molecule has 2 rings (SSSR count). The zero-order valence-corrected chi connectivity index (χ0v) is 20.3. The van der Waals surface area contributed by atoms with Gasteiger partial charge in [-0.2, -0.15) is 0 Å². The first-order valence-corrected chi connectivity index (χ1v) is 12.8. The van der Waals surface area contributed by atoms with Crippen LogP contribution in [0.1, 0.15) is 116 Å². The average Bonchev–Trinajstić information content (AvgIpc) is 2.79. The molecule has 0 aliphatic rings. The molecule has 0 nitrogen and oxygen atoms in total. The predicted octanol–water partition coefficient (Wildman–Crippen LogP) is 9.62. The Morgan fingerprint density at radius 2 is 0.800 bits per heavy atom. The highest BCUT2D eigenvalue weighted by Crippen LogP contribution is 2.55. The molecule has 0 saturated heterocycles. The second kappa shape index (κ2) is 13.0. The normalized spacial score (nSPS) is 15.5. The molecule has 0 radical (unpaired) electrons. The highest BCUT2D eigenvalue weighted by molar-refractivity contribution is 5.39. The minimum absolute atomic E-state index is 0.212. The van der Waals surface area contributed by atoms with Gasteiger partial charge in [0.15, 0.2) is 0 Å². The molecule has 0 spiro atoms. The van der Waals surface area contributed by atoms with Crippen LogP contribution < -0.4 is 0 Å². The molecule has 2 atom stereocenters. The van der Waals surface area contributed by atoms with E-state index in [-0.39, 0.29) is 10.8 Å². The summed E-state index contributed by atoms with van der Waals surface area (Å²) < 4.78 is 0. The molecule has 0 fully saturated rings. The fourth-order valence-electron chi connectivity index (χ4n) is 6.06. The number of benzene rings is 2. The van der Waals surface area contributed by atoms with E-state index in [0.717, 1.165) is 0 Å². The molecule has 0 saturated carbocycles. The molecule has 0 heterocycles. The summed E-state index contributed by atoms with van der Waals surface area (Å²) in [6.07, 6.45) is 15.6. The van der Waals surface area contributed by atoms with Gasteiger partial charge in [0.2, 0.25) is 0 Å². The fourth-order valence-corrected chi connectivity index (χ4v) is 6.06. The highest BCUT2D eigenvalue weighted by Gasteiger charge is 2.50. The first-order valence-electron chi connectivity index (χ1n) is 12.8. The van der Waals surface area contributed by atoms with Crippen molar-refractivity contribution in [2.45, 2.75) is 116 Å². The Balaban J connectivity index is 2.73. The summed E-state index contributed by atoms with van der Waals surface area (Å²) in [5.74, 6) is 0. The quantitative estimate of drug-likeness (QED) is 0.258. The molecule has 2 unspecified atom stereocenters. The number of unbranched alkanes of at least 4 members (excludes halogenated alkanes) is 4. The van der Waals surface area contributed by atoms with Crippen LogP contribution in [0.25, 0.3) is 0 Å². The van der Waals surface area contributed by atoms with E-state index in [1.807, 2.05) is 0 Å². The van der Waals surface area contributed by atoms with Crippen LogP contribution in [0.5, 0.6) is 0 Å². The average molecular weight is 407 g/mol. The fraction of sp³-hybridized carbons (Fsp3) is 0.600. The van der Waals surface area contributed by atoms with Gasteiger partial charge in [0.05, 0.1) is 0 Å². The van der Waals surface area contributed by atoms with Crippen molar-refractivity contribution < 1.29 is 0 Å². The first kappa shape index (κ1) is 24.7. The topological polar surface area (TPSA) is 0 Å². The third-order valence-corrected chi connectivity index (χ3v) is 7.34. The van der Waals surface area contributed by atoms with E-state index in [9.17, 15) is 0 Å². The van der Waals surface area contributed by atoms with Crippen molar-refractivity contribution in [3.8, 4) is 0 Å². The standard InChI is InChI=1S/C30H46/c1-5-9-17-25-29(23-7-3,27-19-13-11-14-20-27)30(24-8-4,26-18-10-6-2)28-21-15-12-16-22-28/h11-16,19-22H,5-10,17-18,23-26H2,1-4H3. The van der Waals surface area contributed by atoms with Crippen LogP contribution in [0, 0.1) is 0 Å². The van der Waals surface area contributed by atoms with Crippen molar-refractivity contribution in [2.24, 2.45) is 0 Å². The summed E-state index contributed by atoms with van der Waals surface area (Å²) in [5.41, 5.74) is 3.58. The van der Waals surface area contributed by atoms with Crippen molar-refractivity contribution in [2.75, 3.05) is 0 Å². The predicted molar refractivity (Wildman–Crippen MR) is 134 cm³/mol. The zero-order chi connectivity index (χ0) is 21.7. The Morgan fingerprint density at radius 3 is 1.10 bits per heavy atom. The highest BCUT2D eigenvalue weighted by atomic mass is 14.5. The first-order chi connectivity index (χ1) is 14.7.